The number of benzene rings is 1. The van der Waals surface area contributed by atoms with Crippen molar-refractivity contribution in [3.63, 3.8) is 0 Å². The molecule has 2 heterocycles. The standard InChI is InChI=1S/C15H12FN3O/c16-13-4-1-11(2-5-13)15(20)12-3-6-14(18-9-12)19-8-7-17-10-19/h1-10,15,20H. The Morgan fingerprint density at radius 1 is 1.05 bits per heavy atom. The second kappa shape index (κ2) is 5.22. The van der Waals surface area contributed by atoms with E-state index in [-0.39, 0.29) is 5.82 Å². The Morgan fingerprint density at radius 3 is 2.40 bits per heavy atom. The first-order valence-electron chi connectivity index (χ1n) is 6.12. The molecule has 0 saturated heterocycles. The lowest BCUT2D eigenvalue weighted by Crippen LogP contribution is -2.02. The molecule has 0 aliphatic carbocycles. The van der Waals surface area contributed by atoms with Crippen molar-refractivity contribution >= 4 is 0 Å². The van der Waals surface area contributed by atoms with Crippen molar-refractivity contribution in [1.29, 1.82) is 0 Å². The molecule has 100 valence electrons. The van der Waals surface area contributed by atoms with Crippen LogP contribution in [0.4, 0.5) is 4.39 Å². The third-order valence-corrected chi connectivity index (χ3v) is 3.04. The third kappa shape index (κ3) is 2.44. The van der Waals surface area contributed by atoms with Crippen molar-refractivity contribution in [2.45, 2.75) is 6.10 Å². The second-order valence-corrected chi connectivity index (χ2v) is 4.37. The van der Waals surface area contributed by atoms with Crippen molar-refractivity contribution < 1.29 is 9.50 Å². The van der Waals surface area contributed by atoms with E-state index in [2.05, 4.69) is 9.97 Å². The van der Waals surface area contributed by atoms with Crippen LogP contribution in [0.5, 0.6) is 0 Å². The van der Waals surface area contributed by atoms with Crippen molar-refractivity contribution in [3.8, 4) is 5.82 Å². The number of rotatable bonds is 3. The summed E-state index contributed by atoms with van der Waals surface area (Å²) in [6.45, 7) is 0. The van der Waals surface area contributed by atoms with Crippen LogP contribution in [0.25, 0.3) is 5.82 Å². The summed E-state index contributed by atoms with van der Waals surface area (Å²) in [6, 6.07) is 9.35. The van der Waals surface area contributed by atoms with Crippen molar-refractivity contribution in [2.75, 3.05) is 0 Å². The van der Waals surface area contributed by atoms with Gasteiger partial charge in [0.2, 0.25) is 0 Å². The van der Waals surface area contributed by atoms with E-state index in [9.17, 15) is 9.50 Å². The number of aliphatic hydroxyl groups is 1. The number of aromatic nitrogens is 3. The zero-order valence-electron chi connectivity index (χ0n) is 10.5. The Kier molecular flexibility index (Phi) is 3.26. The van der Waals surface area contributed by atoms with Crippen LogP contribution in [-0.2, 0) is 0 Å². The zero-order chi connectivity index (χ0) is 13.9. The number of hydrogen-bond donors (Lipinski definition) is 1. The van der Waals surface area contributed by atoms with Gasteiger partial charge in [0, 0.05) is 24.2 Å². The first kappa shape index (κ1) is 12.5. The van der Waals surface area contributed by atoms with Crippen LogP contribution in [0, 0.1) is 5.82 Å². The lowest BCUT2D eigenvalue weighted by atomic mass is 10.0. The number of halogens is 1. The average Bonchev–Trinajstić information content (AvgIpc) is 3.02. The van der Waals surface area contributed by atoms with Crippen LogP contribution < -0.4 is 0 Å². The minimum Gasteiger partial charge on any atom is -0.384 e. The van der Waals surface area contributed by atoms with Gasteiger partial charge in [-0.2, -0.15) is 0 Å². The van der Waals surface area contributed by atoms with E-state index in [0.717, 1.165) is 5.82 Å². The van der Waals surface area contributed by atoms with Gasteiger partial charge < -0.3 is 5.11 Å². The molecule has 3 aromatic rings. The van der Waals surface area contributed by atoms with E-state index in [1.807, 2.05) is 0 Å². The molecule has 0 saturated carbocycles. The highest BCUT2D eigenvalue weighted by atomic mass is 19.1. The molecule has 0 bridgehead atoms. The fraction of sp³-hybridized carbons (Fsp3) is 0.0667. The maximum atomic E-state index is 12.9. The lowest BCUT2D eigenvalue weighted by Gasteiger charge is -2.11. The van der Waals surface area contributed by atoms with Gasteiger partial charge in [0.25, 0.3) is 0 Å². The molecule has 1 aromatic carbocycles. The summed E-state index contributed by atoms with van der Waals surface area (Å²) in [5.74, 6) is 0.395. The van der Waals surface area contributed by atoms with E-state index in [0.29, 0.717) is 11.1 Å². The number of imidazole rings is 1. The van der Waals surface area contributed by atoms with Gasteiger partial charge in [-0.15, -0.1) is 0 Å². The Balaban J connectivity index is 1.85. The van der Waals surface area contributed by atoms with Gasteiger partial charge in [0.1, 0.15) is 24.1 Å². The molecule has 0 aliphatic heterocycles. The van der Waals surface area contributed by atoms with Crippen LogP contribution >= 0.6 is 0 Å². The van der Waals surface area contributed by atoms with E-state index >= 15 is 0 Å². The molecule has 1 N–H and O–H groups in total. The molecule has 3 rings (SSSR count). The first-order valence-corrected chi connectivity index (χ1v) is 6.12. The van der Waals surface area contributed by atoms with Crippen LogP contribution in [0.3, 0.4) is 0 Å². The van der Waals surface area contributed by atoms with E-state index < -0.39 is 6.10 Å². The number of hydrogen-bond acceptors (Lipinski definition) is 3. The van der Waals surface area contributed by atoms with Gasteiger partial charge in [-0.05, 0) is 23.8 Å². The summed E-state index contributed by atoms with van der Waals surface area (Å²) < 4.78 is 14.6. The van der Waals surface area contributed by atoms with Crippen molar-refractivity contribution in [3.05, 3.63) is 78.3 Å². The number of pyridine rings is 1. The monoisotopic (exact) mass is 269 g/mol. The van der Waals surface area contributed by atoms with Crippen LogP contribution in [0.15, 0.2) is 61.3 Å². The zero-order valence-corrected chi connectivity index (χ0v) is 10.5. The van der Waals surface area contributed by atoms with E-state index in [4.69, 9.17) is 0 Å². The maximum Gasteiger partial charge on any atom is 0.137 e. The summed E-state index contributed by atoms with van der Waals surface area (Å²) in [7, 11) is 0. The molecule has 0 fully saturated rings. The normalized spacial score (nSPS) is 12.3. The summed E-state index contributed by atoms with van der Waals surface area (Å²) in [4.78, 5) is 8.22. The molecular weight excluding hydrogens is 257 g/mol. The van der Waals surface area contributed by atoms with Gasteiger partial charge in [-0.1, -0.05) is 18.2 Å². The maximum absolute atomic E-state index is 12.9. The Labute approximate surface area is 115 Å². The second-order valence-electron chi connectivity index (χ2n) is 4.37. The summed E-state index contributed by atoms with van der Waals surface area (Å²) in [5.41, 5.74) is 1.28. The highest BCUT2D eigenvalue weighted by Crippen LogP contribution is 2.22. The Morgan fingerprint density at radius 2 is 1.80 bits per heavy atom. The van der Waals surface area contributed by atoms with Gasteiger partial charge in [0.15, 0.2) is 0 Å². The highest BCUT2D eigenvalue weighted by Gasteiger charge is 2.11. The number of nitrogens with zero attached hydrogens (tertiary/aromatic N) is 3. The fourth-order valence-electron chi connectivity index (χ4n) is 1.94. The summed E-state index contributed by atoms with van der Waals surface area (Å²) in [6.07, 6.45) is 5.89. The van der Waals surface area contributed by atoms with Crippen LogP contribution in [0.1, 0.15) is 17.2 Å². The molecule has 1 atom stereocenters. The molecule has 1 unspecified atom stereocenters. The quantitative estimate of drug-likeness (QED) is 0.794. The SMILES string of the molecule is OC(c1ccc(F)cc1)c1ccc(-n2ccnc2)nc1. The molecule has 0 radical (unpaired) electrons. The van der Waals surface area contributed by atoms with E-state index in [1.54, 1.807) is 53.8 Å². The van der Waals surface area contributed by atoms with Crippen molar-refractivity contribution in [2.24, 2.45) is 0 Å². The van der Waals surface area contributed by atoms with Crippen LogP contribution in [0.2, 0.25) is 0 Å². The molecule has 0 amide bonds. The average molecular weight is 269 g/mol. The topological polar surface area (TPSA) is 50.9 Å². The molecule has 20 heavy (non-hydrogen) atoms. The highest BCUT2D eigenvalue weighted by molar-refractivity contribution is 5.32. The lowest BCUT2D eigenvalue weighted by molar-refractivity contribution is 0.220. The predicted octanol–water partition coefficient (Wildman–Crippen LogP) is 2.49. The third-order valence-electron chi connectivity index (χ3n) is 3.04. The molecule has 2 aromatic heterocycles. The molecule has 0 aliphatic rings. The molecule has 4 nitrogen and oxygen atoms in total. The first-order chi connectivity index (χ1) is 9.74. The Bertz CT molecular complexity index is 678. The van der Waals surface area contributed by atoms with Gasteiger partial charge >= 0.3 is 0 Å². The van der Waals surface area contributed by atoms with Gasteiger partial charge in [-0.3, -0.25) is 4.57 Å². The minimum atomic E-state index is -0.820. The smallest absolute Gasteiger partial charge is 0.137 e. The summed E-state index contributed by atoms with van der Waals surface area (Å²) >= 11 is 0. The number of aliphatic hydroxyl groups excluding tert-OH is 1. The van der Waals surface area contributed by atoms with E-state index in [1.165, 1.54) is 12.1 Å². The van der Waals surface area contributed by atoms with Gasteiger partial charge in [-0.25, -0.2) is 14.4 Å². The fourth-order valence-corrected chi connectivity index (χ4v) is 1.94. The Hall–Kier alpha value is -2.53. The largest absolute Gasteiger partial charge is 0.384 e. The van der Waals surface area contributed by atoms with Gasteiger partial charge in [0.05, 0.1) is 0 Å². The summed E-state index contributed by atoms with van der Waals surface area (Å²) in [5, 5.41) is 10.2. The molecule has 5 heteroatoms. The minimum absolute atomic E-state index is 0.325. The molecule has 0 spiro atoms. The van der Waals surface area contributed by atoms with Crippen molar-refractivity contribution in [1.82, 2.24) is 14.5 Å². The van der Waals surface area contributed by atoms with Crippen LogP contribution in [-0.4, -0.2) is 19.6 Å². The predicted molar refractivity (Wildman–Crippen MR) is 71.8 cm³/mol. The molecular formula is C15H12FN3O.